The van der Waals surface area contributed by atoms with Gasteiger partial charge in [0.05, 0.1) is 19.1 Å². The van der Waals surface area contributed by atoms with Crippen LogP contribution in [0, 0.1) is 0 Å². The van der Waals surface area contributed by atoms with Gasteiger partial charge in [-0.15, -0.1) is 0 Å². The fourth-order valence-corrected chi connectivity index (χ4v) is 3.53. The number of hydrogen-bond donors (Lipinski definition) is 1. The standard InChI is InChI=1S/C15H22N2O4S/c1-4-14(15(18)16-11-5-6-11)17(22(3,19)20)12-7-9-13(21-2)10-8-12/h7-11,14H,4-6H2,1-3H3,(H,16,18)/t14-/m1/s1. The molecular formula is C15H22N2O4S. The van der Waals surface area contributed by atoms with Crippen molar-refractivity contribution in [2.24, 2.45) is 0 Å². The minimum atomic E-state index is -3.58. The van der Waals surface area contributed by atoms with Crippen LogP contribution in [0.3, 0.4) is 0 Å². The zero-order chi connectivity index (χ0) is 16.3. The molecule has 22 heavy (non-hydrogen) atoms. The Morgan fingerprint density at radius 1 is 1.36 bits per heavy atom. The van der Waals surface area contributed by atoms with Crippen LogP contribution in [0.15, 0.2) is 24.3 Å². The first-order valence-corrected chi connectivity index (χ1v) is 9.15. The lowest BCUT2D eigenvalue weighted by atomic mass is 10.2. The summed E-state index contributed by atoms with van der Waals surface area (Å²) in [6.07, 6.45) is 3.44. The summed E-state index contributed by atoms with van der Waals surface area (Å²) in [5, 5.41) is 2.88. The summed E-state index contributed by atoms with van der Waals surface area (Å²) in [4.78, 5) is 12.4. The van der Waals surface area contributed by atoms with Crippen molar-refractivity contribution in [2.75, 3.05) is 17.7 Å². The van der Waals surface area contributed by atoms with E-state index in [0.29, 0.717) is 17.9 Å². The molecule has 1 aromatic rings. The Morgan fingerprint density at radius 2 is 1.95 bits per heavy atom. The number of hydrogen-bond acceptors (Lipinski definition) is 4. The summed E-state index contributed by atoms with van der Waals surface area (Å²) in [6, 6.07) is 6.10. The second-order valence-electron chi connectivity index (χ2n) is 5.46. The second-order valence-corrected chi connectivity index (χ2v) is 7.32. The van der Waals surface area contributed by atoms with Crippen molar-refractivity contribution in [1.82, 2.24) is 5.32 Å². The zero-order valence-electron chi connectivity index (χ0n) is 13.1. The smallest absolute Gasteiger partial charge is 0.244 e. The van der Waals surface area contributed by atoms with E-state index in [2.05, 4.69) is 5.32 Å². The molecule has 7 heteroatoms. The number of methoxy groups -OCH3 is 1. The van der Waals surface area contributed by atoms with E-state index in [1.807, 2.05) is 0 Å². The highest BCUT2D eigenvalue weighted by atomic mass is 32.2. The van der Waals surface area contributed by atoms with E-state index in [0.717, 1.165) is 19.1 Å². The van der Waals surface area contributed by atoms with Crippen molar-refractivity contribution in [3.63, 3.8) is 0 Å². The molecule has 1 N–H and O–H groups in total. The predicted molar refractivity (Wildman–Crippen MR) is 85.6 cm³/mol. The van der Waals surface area contributed by atoms with E-state index in [1.165, 1.54) is 4.31 Å². The quantitative estimate of drug-likeness (QED) is 0.824. The van der Waals surface area contributed by atoms with E-state index in [1.54, 1.807) is 38.3 Å². The lowest BCUT2D eigenvalue weighted by Gasteiger charge is -2.30. The average Bonchev–Trinajstić information content (AvgIpc) is 3.27. The minimum absolute atomic E-state index is 0.193. The third-order valence-electron chi connectivity index (χ3n) is 3.58. The Morgan fingerprint density at radius 3 is 2.36 bits per heavy atom. The van der Waals surface area contributed by atoms with E-state index in [4.69, 9.17) is 4.74 Å². The topological polar surface area (TPSA) is 75.7 Å². The molecule has 1 aliphatic carbocycles. The largest absolute Gasteiger partial charge is 0.497 e. The molecule has 2 rings (SSSR count). The normalized spacial score (nSPS) is 16.0. The van der Waals surface area contributed by atoms with Gasteiger partial charge in [0, 0.05) is 6.04 Å². The predicted octanol–water partition coefficient (Wildman–Crippen LogP) is 1.52. The van der Waals surface area contributed by atoms with Gasteiger partial charge in [-0.25, -0.2) is 8.42 Å². The molecule has 1 fully saturated rings. The van der Waals surface area contributed by atoms with Gasteiger partial charge in [0.15, 0.2) is 0 Å². The SMILES string of the molecule is CC[C@H](C(=O)NC1CC1)N(c1ccc(OC)cc1)S(C)(=O)=O. The van der Waals surface area contributed by atoms with Crippen molar-refractivity contribution in [3.05, 3.63) is 24.3 Å². The highest BCUT2D eigenvalue weighted by Gasteiger charge is 2.34. The number of benzene rings is 1. The van der Waals surface area contributed by atoms with E-state index in [9.17, 15) is 13.2 Å². The number of rotatable bonds is 7. The Labute approximate surface area is 131 Å². The van der Waals surface area contributed by atoms with Crippen LogP contribution < -0.4 is 14.4 Å². The second kappa shape index (κ2) is 6.56. The molecular weight excluding hydrogens is 304 g/mol. The van der Waals surface area contributed by atoms with E-state index >= 15 is 0 Å². The lowest BCUT2D eigenvalue weighted by molar-refractivity contribution is -0.122. The van der Waals surface area contributed by atoms with Gasteiger partial charge in [-0.2, -0.15) is 0 Å². The molecule has 0 heterocycles. The minimum Gasteiger partial charge on any atom is -0.497 e. The Hall–Kier alpha value is -1.76. The van der Waals surface area contributed by atoms with Gasteiger partial charge in [0.2, 0.25) is 15.9 Å². The maximum absolute atomic E-state index is 12.4. The molecule has 0 saturated heterocycles. The molecule has 6 nitrogen and oxygen atoms in total. The molecule has 1 aliphatic rings. The first-order chi connectivity index (χ1) is 10.4. The first kappa shape index (κ1) is 16.6. The molecule has 1 atom stereocenters. The average molecular weight is 326 g/mol. The van der Waals surface area contributed by atoms with Gasteiger partial charge >= 0.3 is 0 Å². The Balaban J connectivity index is 2.32. The molecule has 0 unspecified atom stereocenters. The van der Waals surface area contributed by atoms with Gasteiger partial charge in [-0.1, -0.05) is 6.92 Å². The highest BCUT2D eigenvalue weighted by Crippen LogP contribution is 2.26. The monoisotopic (exact) mass is 326 g/mol. The number of carbonyl (C=O) groups excluding carboxylic acids is 1. The van der Waals surface area contributed by atoms with Crippen LogP contribution in [0.5, 0.6) is 5.75 Å². The van der Waals surface area contributed by atoms with Gasteiger partial charge in [0.25, 0.3) is 0 Å². The van der Waals surface area contributed by atoms with E-state index < -0.39 is 16.1 Å². The lowest BCUT2D eigenvalue weighted by Crippen LogP contribution is -2.49. The zero-order valence-corrected chi connectivity index (χ0v) is 13.9. The third-order valence-corrected chi connectivity index (χ3v) is 4.76. The van der Waals surface area contributed by atoms with Crippen LogP contribution in [0.1, 0.15) is 26.2 Å². The highest BCUT2D eigenvalue weighted by molar-refractivity contribution is 7.92. The number of nitrogens with zero attached hydrogens (tertiary/aromatic N) is 1. The van der Waals surface area contributed by atoms with Crippen LogP contribution in [0.4, 0.5) is 5.69 Å². The number of amides is 1. The van der Waals surface area contributed by atoms with Crippen molar-refractivity contribution >= 4 is 21.6 Å². The summed E-state index contributed by atoms with van der Waals surface area (Å²) < 4.78 is 30.7. The van der Waals surface area contributed by atoms with Gasteiger partial charge in [-0.3, -0.25) is 9.10 Å². The molecule has 0 aliphatic heterocycles. The van der Waals surface area contributed by atoms with Crippen LogP contribution in [-0.2, 0) is 14.8 Å². The van der Waals surface area contributed by atoms with Crippen molar-refractivity contribution in [2.45, 2.75) is 38.3 Å². The van der Waals surface area contributed by atoms with Crippen molar-refractivity contribution < 1.29 is 17.9 Å². The number of carbonyl (C=O) groups is 1. The molecule has 0 aromatic heterocycles. The van der Waals surface area contributed by atoms with Gasteiger partial charge in [0.1, 0.15) is 11.8 Å². The molecule has 1 amide bonds. The summed E-state index contributed by atoms with van der Waals surface area (Å²) in [5.41, 5.74) is 0.459. The van der Waals surface area contributed by atoms with Crippen LogP contribution >= 0.6 is 0 Å². The molecule has 0 bridgehead atoms. The third kappa shape index (κ3) is 3.91. The van der Waals surface area contributed by atoms with Crippen LogP contribution in [-0.4, -0.2) is 39.8 Å². The Kier molecular flexibility index (Phi) is 4.95. The van der Waals surface area contributed by atoms with Crippen molar-refractivity contribution in [3.8, 4) is 5.75 Å². The van der Waals surface area contributed by atoms with Crippen molar-refractivity contribution in [1.29, 1.82) is 0 Å². The van der Waals surface area contributed by atoms with Gasteiger partial charge < -0.3 is 10.1 Å². The molecule has 1 saturated carbocycles. The fourth-order valence-electron chi connectivity index (χ4n) is 2.31. The molecule has 122 valence electrons. The number of nitrogens with one attached hydrogen (secondary N) is 1. The maximum atomic E-state index is 12.4. The Bertz CT molecular complexity index is 623. The van der Waals surface area contributed by atoms with E-state index in [-0.39, 0.29) is 11.9 Å². The molecule has 0 spiro atoms. The number of sulfonamides is 1. The molecule has 0 radical (unpaired) electrons. The number of ether oxygens (including phenoxy) is 1. The summed E-state index contributed by atoms with van der Waals surface area (Å²) in [6.45, 7) is 1.80. The van der Waals surface area contributed by atoms with Crippen LogP contribution in [0.25, 0.3) is 0 Å². The van der Waals surface area contributed by atoms with Crippen LogP contribution in [0.2, 0.25) is 0 Å². The summed E-state index contributed by atoms with van der Waals surface area (Å²) in [7, 11) is -2.03. The maximum Gasteiger partial charge on any atom is 0.244 e. The first-order valence-electron chi connectivity index (χ1n) is 7.30. The summed E-state index contributed by atoms with van der Waals surface area (Å²) in [5.74, 6) is 0.388. The molecule has 1 aromatic carbocycles. The van der Waals surface area contributed by atoms with Gasteiger partial charge in [-0.05, 0) is 43.5 Å². The summed E-state index contributed by atoms with van der Waals surface area (Å²) >= 11 is 0. The number of anilines is 1. The fraction of sp³-hybridized carbons (Fsp3) is 0.533.